The van der Waals surface area contributed by atoms with E-state index < -0.39 is 0 Å². The molecule has 0 aliphatic carbocycles. The van der Waals surface area contributed by atoms with Crippen LogP contribution in [-0.4, -0.2) is 0 Å². The lowest BCUT2D eigenvalue weighted by Crippen LogP contribution is -1.86. The summed E-state index contributed by atoms with van der Waals surface area (Å²) in [7, 11) is 0. The van der Waals surface area contributed by atoms with E-state index in [2.05, 4.69) is 0 Å². The zero-order chi connectivity index (χ0) is 14.8. The van der Waals surface area contributed by atoms with Crippen LogP contribution in [-0.2, 0) is 0 Å². The number of benzene rings is 3. The van der Waals surface area contributed by atoms with Crippen LogP contribution in [0.25, 0.3) is 22.3 Å². The van der Waals surface area contributed by atoms with Crippen molar-refractivity contribution < 1.29 is 0 Å². The summed E-state index contributed by atoms with van der Waals surface area (Å²) in [6, 6.07) is 21.3. The van der Waals surface area contributed by atoms with Gasteiger partial charge in [0.05, 0.1) is 5.02 Å². The van der Waals surface area contributed by atoms with Crippen molar-refractivity contribution in [2.45, 2.75) is 0 Å². The van der Waals surface area contributed by atoms with Crippen molar-refractivity contribution in [1.29, 1.82) is 0 Å². The molecule has 21 heavy (non-hydrogen) atoms. The average Bonchev–Trinajstić information content (AvgIpc) is 2.50. The largest absolute Gasteiger partial charge is 0.0843 e. The summed E-state index contributed by atoms with van der Waals surface area (Å²) < 4.78 is 0. The molecule has 0 atom stereocenters. The van der Waals surface area contributed by atoms with Gasteiger partial charge in [-0.15, -0.1) is 0 Å². The fraction of sp³-hybridized carbons (Fsp3) is 0. The standard InChI is InChI=1S/C18H11Cl3/c19-14-8-6-12(7-9-14)15-10-11-16(20)17(18(15)21)13-4-2-1-3-5-13/h1-11H. The molecule has 0 N–H and O–H groups in total. The summed E-state index contributed by atoms with van der Waals surface area (Å²) in [5.74, 6) is 0. The van der Waals surface area contributed by atoms with Gasteiger partial charge < -0.3 is 0 Å². The van der Waals surface area contributed by atoms with Crippen LogP contribution in [0, 0.1) is 0 Å². The summed E-state index contributed by atoms with van der Waals surface area (Å²) in [5.41, 5.74) is 3.81. The summed E-state index contributed by atoms with van der Waals surface area (Å²) >= 11 is 18.9. The summed E-state index contributed by atoms with van der Waals surface area (Å²) in [6.07, 6.45) is 0. The number of hydrogen-bond donors (Lipinski definition) is 0. The Kier molecular flexibility index (Phi) is 4.21. The Hall–Kier alpha value is -1.47. The van der Waals surface area contributed by atoms with Crippen LogP contribution in [0.4, 0.5) is 0 Å². The molecule has 0 spiro atoms. The molecule has 0 aliphatic heterocycles. The lowest BCUT2D eigenvalue weighted by atomic mass is 9.99. The Morgan fingerprint density at radius 3 is 1.90 bits per heavy atom. The minimum Gasteiger partial charge on any atom is -0.0843 e. The first-order valence-electron chi connectivity index (χ1n) is 6.46. The summed E-state index contributed by atoms with van der Waals surface area (Å²) in [4.78, 5) is 0. The number of rotatable bonds is 2. The Balaban J connectivity index is 2.19. The van der Waals surface area contributed by atoms with E-state index in [0.29, 0.717) is 15.1 Å². The number of hydrogen-bond acceptors (Lipinski definition) is 0. The molecule has 0 heterocycles. The molecule has 3 rings (SSSR count). The van der Waals surface area contributed by atoms with Crippen molar-refractivity contribution in [3.63, 3.8) is 0 Å². The van der Waals surface area contributed by atoms with E-state index in [-0.39, 0.29) is 0 Å². The maximum atomic E-state index is 6.61. The van der Waals surface area contributed by atoms with E-state index in [4.69, 9.17) is 34.8 Å². The summed E-state index contributed by atoms with van der Waals surface area (Å²) in [6.45, 7) is 0. The van der Waals surface area contributed by atoms with Gasteiger partial charge in [0.25, 0.3) is 0 Å². The molecule has 3 aromatic rings. The number of halogens is 3. The normalized spacial score (nSPS) is 10.6. The molecule has 0 unspecified atom stereocenters. The van der Waals surface area contributed by atoms with Gasteiger partial charge in [-0.2, -0.15) is 0 Å². The first-order valence-corrected chi connectivity index (χ1v) is 7.59. The van der Waals surface area contributed by atoms with Crippen molar-refractivity contribution >= 4 is 34.8 Å². The van der Waals surface area contributed by atoms with Crippen LogP contribution in [0.1, 0.15) is 0 Å². The second kappa shape index (κ2) is 6.11. The molecule has 0 saturated heterocycles. The molecule has 0 fully saturated rings. The first kappa shape index (κ1) is 14.5. The van der Waals surface area contributed by atoms with Crippen LogP contribution in [0.2, 0.25) is 15.1 Å². The van der Waals surface area contributed by atoms with Crippen LogP contribution >= 0.6 is 34.8 Å². The smallest absolute Gasteiger partial charge is 0.0577 e. The molecule has 104 valence electrons. The zero-order valence-corrected chi connectivity index (χ0v) is 13.3. The predicted octanol–water partition coefficient (Wildman–Crippen LogP) is 6.98. The molecular formula is C18H11Cl3. The fourth-order valence-corrected chi connectivity index (χ4v) is 3.10. The van der Waals surface area contributed by atoms with Gasteiger partial charge in [-0.1, -0.05) is 83.3 Å². The Morgan fingerprint density at radius 1 is 0.571 bits per heavy atom. The van der Waals surface area contributed by atoms with E-state index in [9.17, 15) is 0 Å². The SMILES string of the molecule is Clc1ccc(-c2ccc(Cl)c(-c3ccccc3)c2Cl)cc1. The van der Waals surface area contributed by atoms with Crippen molar-refractivity contribution in [2.75, 3.05) is 0 Å². The van der Waals surface area contributed by atoms with Gasteiger partial charge in [0.15, 0.2) is 0 Å². The van der Waals surface area contributed by atoms with Gasteiger partial charge in [-0.25, -0.2) is 0 Å². The molecule has 0 aliphatic rings. The van der Waals surface area contributed by atoms with E-state index in [1.807, 2.05) is 66.7 Å². The highest BCUT2D eigenvalue weighted by atomic mass is 35.5. The first-order chi connectivity index (χ1) is 10.2. The molecular weight excluding hydrogens is 323 g/mol. The zero-order valence-electron chi connectivity index (χ0n) is 11.0. The second-order valence-corrected chi connectivity index (χ2v) is 5.88. The summed E-state index contributed by atoms with van der Waals surface area (Å²) in [5, 5.41) is 1.99. The molecule has 0 aromatic heterocycles. The second-order valence-electron chi connectivity index (χ2n) is 4.66. The van der Waals surface area contributed by atoms with Crippen molar-refractivity contribution in [1.82, 2.24) is 0 Å². The van der Waals surface area contributed by atoms with Crippen LogP contribution < -0.4 is 0 Å². The highest BCUT2D eigenvalue weighted by molar-refractivity contribution is 6.41. The minimum absolute atomic E-state index is 0.643. The third-order valence-corrected chi connectivity index (χ3v) is 4.27. The van der Waals surface area contributed by atoms with Crippen LogP contribution in [0.3, 0.4) is 0 Å². The fourth-order valence-electron chi connectivity index (χ4n) is 2.27. The monoisotopic (exact) mass is 332 g/mol. The van der Waals surface area contributed by atoms with Crippen LogP contribution in [0.5, 0.6) is 0 Å². The maximum Gasteiger partial charge on any atom is 0.0577 e. The third kappa shape index (κ3) is 2.94. The lowest BCUT2D eigenvalue weighted by molar-refractivity contribution is 1.58. The van der Waals surface area contributed by atoms with Gasteiger partial charge >= 0.3 is 0 Å². The van der Waals surface area contributed by atoms with Crippen molar-refractivity contribution in [2.24, 2.45) is 0 Å². The Bertz CT molecular complexity index is 762. The van der Waals surface area contributed by atoms with Crippen LogP contribution in [0.15, 0.2) is 66.7 Å². The minimum atomic E-state index is 0.643. The van der Waals surface area contributed by atoms with Gasteiger partial charge in [0.1, 0.15) is 0 Å². The molecule has 0 saturated carbocycles. The Morgan fingerprint density at radius 2 is 1.24 bits per heavy atom. The predicted molar refractivity (Wildman–Crippen MR) is 92.3 cm³/mol. The highest BCUT2D eigenvalue weighted by Crippen LogP contribution is 2.41. The molecule has 0 bridgehead atoms. The van der Waals surface area contributed by atoms with E-state index in [1.165, 1.54) is 0 Å². The molecule has 0 amide bonds. The van der Waals surface area contributed by atoms with Crippen molar-refractivity contribution in [3.8, 4) is 22.3 Å². The third-order valence-electron chi connectivity index (χ3n) is 3.31. The van der Waals surface area contributed by atoms with E-state index in [1.54, 1.807) is 0 Å². The van der Waals surface area contributed by atoms with Crippen molar-refractivity contribution in [3.05, 3.63) is 81.8 Å². The van der Waals surface area contributed by atoms with Gasteiger partial charge in [-0.3, -0.25) is 0 Å². The Labute approximate surface area is 138 Å². The van der Waals surface area contributed by atoms with Gasteiger partial charge in [0, 0.05) is 21.2 Å². The van der Waals surface area contributed by atoms with E-state index >= 15 is 0 Å². The quantitative estimate of drug-likeness (QED) is 0.474. The van der Waals surface area contributed by atoms with E-state index in [0.717, 1.165) is 22.3 Å². The lowest BCUT2D eigenvalue weighted by Gasteiger charge is -2.12. The molecule has 0 radical (unpaired) electrons. The highest BCUT2D eigenvalue weighted by Gasteiger charge is 2.13. The topological polar surface area (TPSA) is 0 Å². The average molecular weight is 334 g/mol. The maximum absolute atomic E-state index is 6.61. The molecule has 3 heteroatoms. The van der Waals surface area contributed by atoms with Gasteiger partial charge in [-0.05, 0) is 29.3 Å². The molecule has 3 aromatic carbocycles. The molecule has 0 nitrogen and oxygen atoms in total. The van der Waals surface area contributed by atoms with Gasteiger partial charge in [0.2, 0.25) is 0 Å².